The Morgan fingerprint density at radius 1 is 1.28 bits per heavy atom. The summed E-state index contributed by atoms with van der Waals surface area (Å²) in [7, 11) is 0. The number of rotatable bonds is 3. The summed E-state index contributed by atoms with van der Waals surface area (Å²) in [6.45, 7) is 9.71. The Bertz CT molecular complexity index is 591. The predicted molar refractivity (Wildman–Crippen MR) is 78.3 cm³/mol. The molecule has 1 aromatic carbocycles. The molecule has 2 rings (SSSR count). The zero-order valence-electron chi connectivity index (χ0n) is 11.5. The van der Waals surface area contributed by atoms with E-state index in [-0.39, 0.29) is 0 Å². The lowest BCUT2D eigenvalue weighted by atomic mass is 10.1. The molecule has 1 aromatic heterocycles. The summed E-state index contributed by atoms with van der Waals surface area (Å²) in [5.74, 6) is 0.637. The molecule has 0 aliphatic rings. The molecule has 18 heavy (non-hydrogen) atoms. The van der Waals surface area contributed by atoms with E-state index >= 15 is 0 Å². The standard InChI is InChI=1S/C15H20N2S/c1-11(2)10-17-7-8-18-15(17)16-14-6-5-12(3)9-13(14)4/h5-9,11H,10H2,1-4H3. The Morgan fingerprint density at radius 3 is 2.72 bits per heavy atom. The van der Waals surface area contributed by atoms with Gasteiger partial charge in [0.15, 0.2) is 4.80 Å². The maximum absolute atomic E-state index is 4.78. The summed E-state index contributed by atoms with van der Waals surface area (Å²) in [6, 6.07) is 6.40. The van der Waals surface area contributed by atoms with Crippen molar-refractivity contribution in [3.8, 4) is 0 Å². The quantitative estimate of drug-likeness (QED) is 0.792. The van der Waals surface area contributed by atoms with Crippen molar-refractivity contribution >= 4 is 17.0 Å². The Morgan fingerprint density at radius 2 is 2.06 bits per heavy atom. The van der Waals surface area contributed by atoms with Gasteiger partial charge in [-0.25, -0.2) is 4.99 Å². The molecule has 2 aromatic rings. The molecule has 3 heteroatoms. The van der Waals surface area contributed by atoms with Gasteiger partial charge in [-0.05, 0) is 31.4 Å². The topological polar surface area (TPSA) is 17.3 Å². The number of hydrogen-bond donors (Lipinski definition) is 0. The van der Waals surface area contributed by atoms with E-state index in [0.29, 0.717) is 5.92 Å². The smallest absolute Gasteiger partial charge is 0.189 e. The van der Waals surface area contributed by atoms with Gasteiger partial charge in [0.1, 0.15) is 0 Å². The third-order valence-corrected chi connectivity index (χ3v) is 3.58. The summed E-state index contributed by atoms with van der Waals surface area (Å²) in [5.41, 5.74) is 3.59. The van der Waals surface area contributed by atoms with Crippen LogP contribution in [0.25, 0.3) is 0 Å². The van der Waals surface area contributed by atoms with Gasteiger partial charge in [0, 0.05) is 18.1 Å². The van der Waals surface area contributed by atoms with E-state index < -0.39 is 0 Å². The minimum atomic E-state index is 0.637. The van der Waals surface area contributed by atoms with Crippen LogP contribution < -0.4 is 4.80 Å². The Kier molecular flexibility index (Phi) is 4.02. The van der Waals surface area contributed by atoms with E-state index in [9.17, 15) is 0 Å². The summed E-state index contributed by atoms with van der Waals surface area (Å²) >= 11 is 1.70. The van der Waals surface area contributed by atoms with E-state index in [1.54, 1.807) is 11.3 Å². The Hall–Kier alpha value is -1.35. The first-order valence-electron chi connectivity index (χ1n) is 6.32. The van der Waals surface area contributed by atoms with Gasteiger partial charge in [-0.2, -0.15) is 0 Å². The lowest BCUT2D eigenvalue weighted by molar-refractivity contribution is 0.514. The van der Waals surface area contributed by atoms with Gasteiger partial charge in [-0.15, -0.1) is 11.3 Å². The van der Waals surface area contributed by atoms with Gasteiger partial charge in [-0.1, -0.05) is 31.5 Å². The number of aromatic nitrogens is 1. The van der Waals surface area contributed by atoms with Crippen molar-refractivity contribution in [2.45, 2.75) is 34.2 Å². The Labute approximate surface area is 113 Å². The number of aryl methyl sites for hydroxylation is 2. The van der Waals surface area contributed by atoms with Crippen molar-refractivity contribution in [1.82, 2.24) is 4.57 Å². The lowest BCUT2D eigenvalue weighted by Crippen LogP contribution is -2.16. The maximum atomic E-state index is 4.78. The molecule has 2 nitrogen and oxygen atoms in total. The minimum absolute atomic E-state index is 0.637. The van der Waals surface area contributed by atoms with Crippen molar-refractivity contribution in [2.75, 3.05) is 0 Å². The highest BCUT2D eigenvalue weighted by Gasteiger charge is 2.01. The molecule has 0 bridgehead atoms. The normalized spacial score (nSPS) is 12.4. The molecule has 0 saturated heterocycles. The zero-order chi connectivity index (χ0) is 13.1. The molecule has 0 radical (unpaired) electrons. The average Bonchev–Trinajstić information content (AvgIpc) is 2.69. The fourth-order valence-corrected chi connectivity index (χ4v) is 2.70. The van der Waals surface area contributed by atoms with Crippen LogP contribution >= 0.6 is 11.3 Å². The molecule has 0 amide bonds. The van der Waals surface area contributed by atoms with Gasteiger partial charge >= 0.3 is 0 Å². The molecule has 1 heterocycles. The molecule has 0 saturated carbocycles. The number of thiazole rings is 1. The molecule has 0 unspecified atom stereocenters. The molecular weight excluding hydrogens is 240 g/mol. The van der Waals surface area contributed by atoms with E-state index in [0.717, 1.165) is 17.0 Å². The highest BCUT2D eigenvalue weighted by atomic mass is 32.1. The van der Waals surface area contributed by atoms with Crippen LogP contribution in [0.4, 0.5) is 5.69 Å². The first kappa shape index (κ1) is 13.1. The van der Waals surface area contributed by atoms with Crippen LogP contribution in [0.3, 0.4) is 0 Å². The molecule has 96 valence electrons. The van der Waals surface area contributed by atoms with Crippen LogP contribution in [-0.4, -0.2) is 4.57 Å². The fourth-order valence-electron chi connectivity index (χ4n) is 1.95. The van der Waals surface area contributed by atoms with Gasteiger partial charge in [0.2, 0.25) is 0 Å². The van der Waals surface area contributed by atoms with Crippen LogP contribution in [-0.2, 0) is 6.54 Å². The monoisotopic (exact) mass is 260 g/mol. The highest BCUT2D eigenvalue weighted by Crippen LogP contribution is 2.18. The van der Waals surface area contributed by atoms with Crippen LogP contribution in [0.15, 0.2) is 34.8 Å². The number of hydrogen-bond acceptors (Lipinski definition) is 2. The van der Waals surface area contributed by atoms with E-state index in [1.165, 1.54) is 11.1 Å². The third kappa shape index (κ3) is 3.10. The number of benzene rings is 1. The molecular formula is C15H20N2S. The molecule has 0 aliphatic heterocycles. The summed E-state index contributed by atoms with van der Waals surface area (Å²) in [5, 5.41) is 2.10. The van der Waals surface area contributed by atoms with Crippen LogP contribution in [0.1, 0.15) is 25.0 Å². The Balaban J connectivity index is 2.41. The van der Waals surface area contributed by atoms with Crippen molar-refractivity contribution in [3.63, 3.8) is 0 Å². The van der Waals surface area contributed by atoms with Crippen molar-refractivity contribution in [1.29, 1.82) is 0 Å². The van der Waals surface area contributed by atoms with Crippen LogP contribution in [0.2, 0.25) is 0 Å². The molecule has 0 atom stereocenters. The lowest BCUT2D eigenvalue weighted by Gasteiger charge is -2.06. The molecule has 0 spiro atoms. The van der Waals surface area contributed by atoms with Crippen molar-refractivity contribution in [2.24, 2.45) is 10.9 Å². The van der Waals surface area contributed by atoms with Gasteiger partial charge in [0.25, 0.3) is 0 Å². The molecule has 0 N–H and O–H groups in total. The SMILES string of the molecule is Cc1ccc(N=c2sccn2CC(C)C)c(C)c1. The average molecular weight is 260 g/mol. The van der Waals surface area contributed by atoms with Crippen LogP contribution in [0, 0.1) is 19.8 Å². The van der Waals surface area contributed by atoms with Crippen molar-refractivity contribution < 1.29 is 0 Å². The maximum Gasteiger partial charge on any atom is 0.189 e. The van der Waals surface area contributed by atoms with E-state index in [4.69, 9.17) is 4.99 Å². The first-order chi connectivity index (χ1) is 8.56. The van der Waals surface area contributed by atoms with Gasteiger partial charge in [-0.3, -0.25) is 0 Å². The zero-order valence-corrected chi connectivity index (χ0v) is 12.3. The predicted octanol–water partition coefficient (Wildman–Crippen LogP) is 4.05. The van der Waals surface area contributed by atoms with E-state index in [1.807, 2.05) is 0 Å². The summed E-state index contributed by atoms with van der Waals surface area (Å²) < 4.78 is 2.23. The van der Waals surface area contributed by atoms with Crippen LogP contribution in [0.5, 0.6) is 0 Å². The second-order valence-electron chi connectivity index (χ2n) is 5.13. The fraction of sp³-hybridized carbons (Fsp3) is 0.400. The molecule has 0 fully saturated rings. The van der Waals surface area contributed by atoms with Crippen molar-refractivity contribution in [3.05, 3.63) is 45.7 Å². The molecule has 0 aliphatic carbocycles. The number of nitrogens with zero attached hydrogens (tertiary/aromatic N) is 2. The second-order valence-corrected chi connectivity index (χ2v) is 6.01. The highest BCUT2D eigenvalue weighted by molar-refractivity contribution is 7.07. The minimum Gasteiger partial charge on any atom is -0.323 e. The first-order valence-corrected chi connectivity index (χ1v) is 7.20. The van der Waals surface area contributed by atoms with Gasteiger partial charge in [0.05, 0.1) is 5.69 Å². The van der Waals surface area contributed by atoms with E-state index in [2.05, 4.69) is 62.0 Å². The third-order valence-electron chi connectivity index (χ3n) is 2.79. The summed E-state index contributed by atoms with van der Waals surface area (Å²) in [6.07, 6.45) is 2.12. The second kappa shape index (κ2) is 5.53. The largest absolute Gasteiger partial charge is 0.323 e. The van der Waals surface area contributed by atoms with Gasteiger partial charge < -0.3 is 4.57 Å². The summed E-state index contributed by atoms with van der Waals surface area (Å²) in [4.78, 5) is 5.86.